The molecule has 2 nitrogen and oxygen atoms in total. The largest absolute Gasteiger partial charge is 0.339 e. The molecule has 0 aliphatic carbocycles. The van der Waals surface area contributed by atoms with Crippen LogP contribution in [0.15, 0.2) is 24.3 Å². The van der Waals surface area contributed by atoms with Crippen LogP contribution in [0.4, 0.5) is 0 Å². The molecule has 0 fully saturated rings. The topological polar surface area (TPSA) is 20.3 Å². The molecule has 0 bridgehead atoms. The van der Waals surface area contributed by atoms with E-state index in [0.717, 1.165) is 37.1 Å². The number of unbranched alkanes of at least 4 members (excludes halogenated alkanes) is 4. The van der Waals surface area contributed by atoms with Crippen molar-refractivity contribution in [1.29, 1.82) is 0 Å². The molecule has 1 aromatic rings. The van der Waals surface area contributed by atoms with Gasteiger partial charge in [-0.1, -0.05) is 51.7 Å². The van der Waals surface area contributed by atoms with E-state index in [2.05, 4.69) is 13.8 Å². The van der Waals surface area contributed by atoms with E-state index in [1.165, 1.54) is 25.7 Å². The fourth-order valence-electron chi connectivity index (χ4n) is 2.39. The Hall–Kier alpha value is -1.02. The van der Waals surface area contributed by atoms with Crippen molar-refractivity contribution in [2.75, 3.05) is 13.1 Å². The number of hydrogen-bond acceptors (Lipinski definition) is 1. The summed E-state index contributed by atoms with van der Waals surface area (Å²) >= 11 is 5.86. The molecule has 3 heteroatoms. The number of carbonyl (C=O) groups excluding carboxylic acids is 1. The molecule has 1 amide bonds. The monoisotopic (exact) mass is 309 g/mol. The van der Waals surface area contributed by atoms with Gasteiger partial charge in [-0.2, -0.15) is 0 Å². The van der Waals surface area contributed by atoms with E-state index in [9.17, 15) is 4.79 Å². The predicted octanol–water partition coefficient (Wildman–Crippen LogP) is 5.25. The molecule has 21 heavy (non-hydrogen) atoms. The van der Waals surface area contributed by atoms with Gasteiger partial charge in [-0.25, -0.2) is 0 Å². The Balaban J connectivity index is 2.71. The summed E-state index contributed by atoms with van der Waals surface area (Å²) in [5.74, 6) is 0.599. The number of rotatable bonds is 10. The number of halogens is 1. The van der Waals surface area contributed by atoms with Crippen LogP contribution in [0.5, 0.6) is 0 Å². The number of nitrogens with zero attached hydrogens (tertiary/aromatic N) is 1. The SMILES string of the molecule is CCCCCN(CCCCC)C(=O)c1cccc(CCl)c1. The van der Waals surface area contributed by atoms with E-state index < -0.39 is 0 Å². The Morgan fingerprint density at radius 1 is 1.05 bits per heavy atom. The minimum atomic E-state index is 0.147. The summed E-state index contributed by atoms with van der Waals surface area (Å²) in [6, 6.07) is 7.69. The molecule has 0 heterocycles. The van der Waals surface area contributed by atoms with Crippen molar-refractivity contribution in [3.63, 3.8) is 0 Å². The average molecular weight is 310 g/mol. The van der Waals surface area contributed by atoms with Crippen LogP contribution in [-0.2, 0) is 5.88 Å². The van der Waals surface area contributed by atoms with Gasteiger partial charge in [0.15, 0.2) is 0 Å². The second kappa shape index (κ2) is 10.7. The van der Waals surface area contributed by atoms with E-state index in [1.54, 1.807) is 0 Å². The molecule has 0 aromatic heterocycles. The van der Waals surface area contributed by atoms with Crippen molar-refractivity contribution < 1.29 is 4.79 Å². The summed E-state index contributed by atoms with van der Waals surface area (Å²) in [5.41, 5.74) is 1.77. The summed E-state index contributed by atoms with van der Waals surface area (Å²) in [6.45, 7) is 6.10. The second-order valence-corrected chi connectivity index (χ2v) is 5.81. The van der Waals surface area contributed by atoms with Crippen LogP contribution in [0.25, 0.3) is 0 Å². The molecule has 1 aromatic carbocycles. The highest BCUT2D eigenvalue weighted by Gasteiger charge is 2.15. The van der Waals surface area contributed by atoms with Gasteiger partial charge in [0.1, 0.15) is 0 Å². The molecule has 1 rings (SSSR count). The van der Waals surface area contributed by atoms with E-state index in [4.69, 9.17) is 11.6 Å². The summed E-state index contributed by atoms with van der Waals surface area (Å²) in [6.07, 6.45) is 6.89. The highest BCUT2D eigenvalue weighted by atomic mass is 35.5. The molecule has 0 saturated carbocycles. The summed E-state index contributed by atoms with van der Waals surface area (Å²) < 4.78 is 0. The minimum Gasteiger partial charge on any atom is -0.339 e. The van der Waals surface area contributed by atoms with Crippen LogP contribution >= 0.6 is 11.6 Å². The van der Waals surface area contributed by atoms with Crippen LogP contribution in [-0.4, -0.2) is 23.9 Å². The van der Waals surface area contributed by atoms with Crippen molar-refractivity contribution >= 4 is 17.5 Å². The van der Waals surface area contributed by atoms with Crippen molar-refractivity contribution in [3.8, 4) is 0 Å². The van der Waals surface area contributed by atoms with Crippen LogP contribution in [0.1, 0.15) is 68.3 Å². The zero-order valence-electron chi connectivity index (χ0n) is 13.4. The summed E-state index contributed by atoms with van der Waals surface area (Å²) in [4.78, 5) is 14.7. The van der Waals surface area contributed by atoms with Crippen LogP contribution in [0.2, 0.25) is 0 Å². The number of hydrogen-bond donors (Lipinski definition) is 0. The van der Waals surface area contributed by atoms with Gasteiger partial charge in [0, 0.05) is 24.5 Å². The van der Waals surface area contributed by atoms with Gasteiger partial charge >= 0.3 is 0 Å². The van der Waals surface area contributed by atoms with E-state index in [0.29, 0.717) is 5.88 Å². The quantitative estimate of drug-likeness (QED) is 0.427. The second-order valence-electron chi connectivity index (χ2n) is 5.54. The number of carbonyl (C=O) groups is 1. The molecule has 0 aliphatic heterocycles. The first-order valence-electron chi connectivity index (χ1n) is 8.17. The molecular formula is C18H28ClNO. The van der Waals surface area contributed by atoms with Crippen LogP contribution in [0.3, 0.4) is 0 Å². The maximum absolute atomic E-state index is 12.7. The van der Waals surface area contributed by atoms with Gasteiger partial charge in [0.05, 0.1) is 0 Å². The van der Waals surface area contributed by atoms with Gasteiger partial charge in [-0.3, -0.25) is 4.79 Å². The van der Waals surface area contributed by atoms with Crippen LogP contribution < -0.4 is 0 Å². The highest BCUT2D eigenvalue weighted by Crippen LogP contribution is 2.12. The predicted molar refractivity (Wildman–Crippen MR) is 91.0 cm³/mol. The number of alkyl halides is 1. The van der Waals surface area contributed by atoms with E-state index in [-0.39, 0.29) is 5.91 Å². The fourth-order valence-corrected chi connectivity index (χ4v) is 2.56. The third-order valence-electron chi connectivity index (χ3n) is 3.68. The lowest BCUT2D eigenvalue weighted by Crippen LogP contribution is -2.33. The van der Waals surface area contributed by atoms with Gasteiger partial charge in [-0.05, 0) is 30.5 Å². The molecule has 118 valence electrons. The van der Waals surface area contributed by atoms with E-state index in [1.807, 2.05) is 29.2 Å². The number of amides is 1. The average Bonchev–Trinajstić information content (AvgIpc) is 2.53. The van der Waals surface area contributed by atoms with Crippen molar-refractivity contribution in [2.24, 2.45) is 0 Å². The third kappa shape index (κ3) is 6.52. The Kier molecular flexibility index (Phi) is 9.16. The van der Waals surface area contributed by atoms with Crippen LogP contribution in [0, 0.1) is 0 Å². The molecule has 0 aliphatic rings. The Morgan fingerprint density at radius 3 is 2.19 bits per heavy atom. The normalized spacial score (nSPS) is 10.6. The highest BCUT2D eigenvalue weighted by molar-refractivity contribution is 6.17. The Morgan fingerprint density at radius 2 is 1.67 bits per heavy atom. The zero-order chi connectivity index (χ0) is 15.5. The lowest BCUT2D eigenvalue weighted by atomic mass is 10.1. The maximum Gasteiger partial charge on any atom is 0.253 e. The Labute approximate surface area is 134 Å². The third-order valence-corrected chi connectivity index (χ3v) is 3.99. The standard InChI is InChI=1S/C18H28ClNO/c1-3-5-7-12-20(13-8-6-4-2)18(21)17-11-9-10-16(14-17)15-19/h9-11,14H,3-8,12-13,15H2,1-2H3. The molecule has 0 saturated heterocycles. The van der Waals surface area contributed by atoms with Gasteiger partial charge < -0.3 is 4.90 Å². The lowest BCUT2D eigenvalue weighted by Gasteiger charge is -2.23. The lowest BCUT2D eigenvalue weighted by molar-refractivity contribution is 0.0749. The molecule has 0 spiro atoms. The Bertz CT molecular complexity index is 409. The summed E-state index contributed by atoms with van der Waals surface area (Å²) in [7, 11) is 0. The van der Waals surface area contributed by atoms with Crippen molar-refractivity contribution in [1.82, 2.24) is 4.90 Å². The van der Waals surface area contributed by atoms with Gasteiger partial charge in [0.2, 0.25) is 0 Å². The molecule has 0 atom stereocenters. The fraction of sp³-hybridized carbons (Fsp3) is 0.611. The van der Waals surface area contributed by atoms with Crippen molar-refractivity contribution in [3.05, 3.63) is 35.4 Å². The minimum absolute atomic E-state index is 0.147. The number of benzene rings is 1. The molecule has 0 radical (unpaired) electrons. The molecule has 0 unspecified atom stereocenters. The van der Waals surface area contributed by atoms with Gasteiger partial charge in [-0.15, -0.1) is 11.6 Å². The summed E-state index contributed by atoms with van der Waals surface area (Å²) in [5, 5.41) is 0. The first kappa shape index (κ1) is 18.0. The van der Waals surface area contributed by atoms with E-state index >= 15 is 0 Å². The zero-order valence-corrected chi connectivity index (χ0v) is 14.2. The van der Waals surface area contributed by atoms with Gasteiger partial charge in [0.25, 0.3) is 5.91 Å². The smallest absolute Gasteiger partial charge is 0.253 e. The van der Waals surface area contributed by atoms with Crippen molar-refractivity contribution in [2.45, 2.75) is 58.3 Å². The first-order valence-corrected chi connectivity index (χ1v) is 8.70. The first-order chi connectivity index (χ1) is 10.2. The molecular weight excluding hydrogens is 282 g/mol. The maximum atomic E-state index is 12.7. The molecule has 0 N–H and O–H groups in total.